The minimum absolute atomic E-state index is 0.0914. The number of rotatable bonds is 8. The van der Waals surface area contributed by atoms with Gasteiger partial charge in [0.1, 0.15) is 12.4 Å². The van der Waals surface area contributed by atoms with E-state index >= 15 is 0 Å². The molecule has 0 aromatic heterocycles. The fourth-order valence-electron chi connectivity index (χ4n) is 2.23. The molecular weight excluding hydrogens is 320 g/mol. The second-order valence-corrected chi connectivity index (χ2v) is 5.61. The second kappa shape index (κ2) is 9.32. The van der Waals surface area contributed by atoms with Crippen LogP contribution in [0.15, 0.2) is 54.6 Å². The summed E-state index contributed by atoms with van der Waals surface area (Å²) in [7, 11) is 0. The van der Waals surface area contributed by atoms with Gasteiger partial charge < -0.3 is 20.5 Å². The van der Waals surface area contributed by atoms with Gasteiger partial charge in [0, 0.05) is 6.54 Å². The van der Waals surface area contributed by atoms with Gasteiger partial charge in [0.05, 0.1) is 12.5 Å². The van der Waals surface area contributed by atoms with E-state index in [1.165, 1.54) is 0 Å². The number of hydrogen-bond acceptors (Lipinski definition) is 3. The van der Waals surface area contributed by atoms with Gasteiger partial charge in [-0.25, -0.2) is 4.79 Å². The van der Waals surface area contributed by atoms with E-state index in [0.29, 0.717) is 6.61 Å². The molecule has 25 heavy (non-hydrogen) atoms. The molecule has 0 spiro atoms. The Labute approximate surface area is 146 Å². The Balaban J connectivity index is 1.86. The lowest BCUT2D eigenvalue weighted by molar-refractivity contribution is -0.136. The number of aliphatic carboxylic acids is 1. The van der Waals surface area contributed by atoms with Gasteiger partial charge in [0.15, 0.2) is 0 Å². The van der Waals surface area contributed by atoms with Gasteiger partial charge in [0.2, 0.25) is 0 Å². The first-order chi connectivity index (χ1) is 12.0. The largest absolute Gasteiger partial charge is 0.489 e. The summed E-state index contributed by atoms with van der Waals surface area (Å²) >= 11 is 0. The van der Waals surface area contributed by atoms with Crippen molar-refractivity contribution in [3.63, 3.8) is 0 Å². The lowest BCUT2D eigenvalue weighted by Crippen LogP contribution is -2.38. The first-order valence-corrected chi connectivity index (χ1v) is 8.07. The molecule has 2 amide bonds. The third-order valence-corrected chi connectivity index (χ3v) is 3.58. The van der Waals surface area contributed by atoms with E-state index in [1.807, 2.05) is 61.5 Å². The number of carboxylic acids is 1. The maximum absolute atomic E-state index is 11.8. The van der Waals surface area contributed by atoms with Gasteiger partial charge in [0.25, 0.3) is 0 Å². The zero-order valence-electron chi connectivity index (χ0n) is 14.1. The molecule has 6 nitrogen and oxygen atoms in total. The highest BCUT2D eigenvalue weighted by molar-refractivity contribution is 5.75. The van der Waals surface area contributed by atoms with Crippen LogP contribution in [0, 0.1) is 0 Å². The van der Waals surface area contributed by atoms with Gasteiger partial charge in [-0.05, 0) is 30.2 Å². The van der Waals surface area contributed by atoms with Crippen LogP contribution in [0.3, 0.4) is 0 Å². The average molecular weight is 342 g/mol. The van der Waals surface area contributed by atoms with Gasteiger partial charge in [-0.1, -0.05) is 42.5 Å². The molecule has 0 bridgehead atoms. The number of carbonyl (C=O) groups excluding carboxylic acids is 1. The van der Waals surface area contributed by atoms with Crippen LogP contribution < -0.4 is 15.4 Å². The zero-order chi connectivity index (χ0) is 18.1. The van der Waals surface area contributed by atoms with Crippen molar-refractivity contribution >= 4 is 12.0 Å². The molecule has 0 fully saturated rings. The number of hydrogen-bond donors (Lipinski definition) is 3. The number of carbonyl (C=O) groups is 2. The highest BCUT2D eigenvalue weighted by Crippen LogP contribution is 2.20. The van der Waals surface area contributed by atoms with E-state index in [9.17, 15) is 9.59 Å². The predicted octanol–water partition coefficient (Wildman–Crippen LogP) is 3.10. The minimum Gasteiger partial charge on any atom is -0.489 e. The van der Waals surface area contributed by atoms with Crippen LogP contribution in [0.1, 0.15) is 30.5 Å². The van der Waals surface area contributed by atoms with E-state index in [0.717, 1.165) is 16.9 Å². The molecule has 2 aromatic carbocycles. The fraction of sp³-hybridized carbons (Fsp3) is 0.263. The summed E-state index contributed by atoms with van der Waals surface area (Å²) in [6.07, 6.45) is -0.107. The van der Waals surface area contributed by atoms with Crippen molar-refractivity contribution in [3.05, 3.63) is 65.7 Å². The number of urea groups is 1. The SMILES string of the molecule is C[C@H](NC(=O)NCCC(=O)O)c1cccc(OCc2ccccc2)c1. The summed E-state index contributed by atoms with van der Waals surface area (Å²) in [5.74, 6) is -0.224. The Kier molecular flexibility index (Phi) is 6.83. The molecule has 0 saturated heterocycles. The van der Waals surface area contributed by atoms with Crippen molar-refractivity contribution in [2.24, 2.45) is 0 Å². The van der Waals surface area contributed by atoms with Crippen LogP contribution in [0.2, 0.25) is 0 Å². The quantitative estimate of drug-likeness (QED) is 0.688. The van der Waals surface area contributed by atoms with Crippen molar-refractivity contribution in [2.45, 2.75) is 26.0 Å². The smallest absolute Gasteiger partial charge is 0.315 e. The first kappa shape index (κ1) is 18.3. The zero-order valence-corrected chi connectivity index (χ0v) is 14.1. The summed E-state index contributed by atoms with van der Waals surface area (Å²) in [5, 5.41) is 13.9. The van der Waals surface area contributed by atoms with Crippen molar-refractivity contribution in [1.82, 2.24) is 10.6 Å². The molecule has 132 valence electrons. The average Bonchev–Trinajstić information content (AvgIpc) is 2.60. The molecule has 0 radical (unpaired) electrons. The maximum Gasteiger partial charge on any atom is 0.315 e. The highest BCUT2D eigenvalue weighted by Gasteiger charge is 2.10. The van der Waals surface area contributed by atoms with Gasteiger partial charge in [-0.15, -0.1) is 0 Å². The van der Waals surface area contributed by atoms with Crippen LogP contribution >= 0.6 is 0 Å². The van der Waals surface area contributed by atoms with Gasteiger partial charge >= 0.3 is 12.0 Å². The second-order valence-electron chi connectivity index (χ2n) is 5.61. The molecule has 0 aliphatic carbocycles. The van der Waals surface area contributed by atoms with Gasteiger partial charge in [-0.2, -0.15) is 0 Å². The molecule has 3 N–H and O–H groups in total. The number of ether oxygens (including phenoxy) is 1. The highest BCUT2D eigenvalue weighted by atomic mass is 16.5. The number of nitrogens with one attached hydrogen (secondary N) is 2. The molecule has 1 atom stereocenters. The van der Waals surface area contributed by atoms with E-state index in [4.69, 9.17) is 9.84 Å². The van der Waals surface area contributed by atoms with E-state index in [-0.39, 0.29) is 19.0 Å². The third kappa shape index (κ3) is 6.55. The summed E-state index contributed by atoms with van der Waals surface area (Å²) < 4.78 is 5.79. The molecule has 0 aliphatic rings. The first-order valence-electron chi connectivity index (χ1n) is 8.07. The van der Waals surface area contributed by atoms with Crippen LogP contribution in [-0.2, 0) is 11.4 Å². The van der Waals surface area contributed by atoms with Crippen molar-refractivity contribution in [1.29, 1.82) is 0 Å². The van der Waals surface area contributed by atoms with Gasteiger partial charge in [-0.3, -0.25) is 4.79 Å². The predicted molar refractivity (Wildman–Crippen MR) is 94.4 cm³/mol. The number of carboxylic acid groups (broad SMARTS) is 1. The van der Waals surface area contributed by atoms with E-state index in [2.05, 4.69) is 10.6 Å². The van der Waals surface area contributed by atoms with Crippen molar-refractivity contribution in [3.8, 4) is 5.75 Å². The van der Waals surface area contributed by atoms with E-state index in [1.54, 1.807) is 0 Å². The summed E-state index contributed by atoms with van der Waals surface area (Å²) in [5.41, 5.74) is 1.98. The molecule has 2 aromatic rings. The Morgan fingerprint density at radius 3 is 2.60 bits per heavy atom. The van der Waals surface area contributed by atoms with Crippen LogP contribution in [-0.4, -0.2) is 23.7 Å². The van der Waals surface area contributed by atoms with Crippen LogP contribution in [0.25, 0.3) is 0 Å². The minimum atomic E-state index is -0.948. The molecule has 0 aliphatic heterocycles. The maximum atomic E-state index is 11.8. The Morgan fingerprint density at radius 1 is 1.12 bits per heavy atom. The molecule has 0 saturated carbocycles. The lowest BCUT2D eigenvalue weighted by atomic mass is 10.1. The lowest BCUT2D eigenvalue weighted by Gasteiger charge is -2.16. The van der Waals surface area contributed by atoms with Crippen molar-refractivity contribution < 1.29 is 19.4 Å². The molecule has 0 unspecified atom stereocenters. The van der Waals surface area contributed by atoms with Crippen LogP contribution in [0.5, 0.6) is 5.75 Å². The number of amides is 2. The van der Waals surface area contributed by atoms with Crippen LogP contribution in [0.4, 0.5) is 4.79 Å². The van der Waals surface area contributed by atoms with E-state index < -0.39 is 12.0 Å². The number of benzene rings is 2. The Morgan fingerprint density at radius 2 is 1.88 bits per heavy atom. The summed E-state index contributed by atoms with van der Waals surface area (Å²) in [6, 6.07) is 16.8. The molecule has 6 heteroatoms. The Hall–Kier alpha value is -3.02. The molecule has 2 rings (SSSR count). The monoisotopic (exact) mass is 342 g/mol. The fourth-order valence-corrected chi connectivity index (χ4v) is 2.23. The molecular formula is C19H22N2O4. The van der Waals surface area contributed by atoms with Crippen molar-refractivity contribution in [2.75, 3.05) is 6.54 Å². The topological polar surface area (TPSA) is 87.7 Å². The standard InChI is InChI=1S/C19H22N2O4/c1-14(21-19(24)20-11-10-18(22)23)16-8-5-9-17(12-16)25-13-15-6-3-2-4-7-15/h2-9,12,14H,10-11,13H2,1H3,(H,22,23)(H2,20,21,24)/t14-/m0/s1. The Bertz CT molecular complexity index is 704. The summed E-state index contributed by atoms with van der Waals surface area (Å²) in [4.78, 5) is 22.2. The normalized spacial score (nSPS) is 11.4. The molecule has 0 heterocycles. The summed E-state index contributed by atoms with van der Waals surface area (Å²) in [6.45, 7) is 2.42. The third-order valence-electron chi connectivity index (χ3n) is 3.58.